The molecule has 1 saturated carbocycles. The molecule has 2 fully saturated rings. The highest BCUT2D eigenvalue weighted by Gasteiger charge is 2.29. The largest absolute Gasteiger partial charge is 0.347 e. The number of hydrogen-bond acceptors (Lipinski definition) is 2. The van der Waals surface area contributed by atoms with Crippen LogP contribution in [0.15, 0.2) is 24.3 Å². The minimum Gasteiger partial charge on any atom is -0.347 e. The fourth-order valence-corrected chi connectivity index (χ4v) is 3.86. The van der Waals surface area contributed by atoms with Gasteiger partial charge in [-0.1, -0.05) is 25.0 Å². The number of likely N-dealkylation sites (tertiary alicyclic amines) is 1. The van der Waals surface area contributed by atoms with Gasteiger partial charge in [-0.15, -0.1) is 0 Å². The van der Waals surface area contributed by atoms with E-state index in [-0.39, 0.29) is 30.2 Å². The van der Waals surface area contributed by atoms with Crippen LogP contribution in [0.25, 0.3) is 0 Å². The molecule has 24 heavy (non-hydrogen) atoms. The van der Waals surface area contributed by atoms with Gasteiger partial charge in [0.2, 0.25) is 11.8 Å². The van der Waals surface area contributed by atoms with Gasteiger partial charge in [0.05, 0.1) is 12.6 Å². The van der Waals surface area contributed by atoms with Crippen LogP contribution in [-0.4, -0.2) is 29.8 Å². The minimum absolute atomic E-state index is 0.0654. The molecule has 2 aliphatic rings. The molecular formula is C19H25FN2O2. The Hall–Kier alpha value is -1.91. The second-order valence-electron chi connectivity index (χ2n) is 6.91. The quantitative estimate of drug-likeness (QED) is 0.900. The molecule has 1 aromatic rings. The highest BCUT2D eigenvalue weighted by atomic mass is 19.1. The molecule has 130 valence electrons. The van der Waals surface area contributed by atoms with Gasteiger partial charge in [-0.3, -0.25) is 9.59 Å². The third kappa shape index (κ3) is 4.13. The van der Waals surface area contributed by atoms with Crippen LogP contribution in [0.4, 0.5) is 4.39 Å². The second-order valence-corrected chi connectivity index (χ2v) is 6.91. The van der Waals surface area contributed by atoms with E-state index in [2.05, 4.69) is 5.32 Å². The van der Waals surface area contributed by atoms with Crippen molar-refractivity contribution in [1.82, 2.24) is 10.2 Å². The Bertz CT molecular complexity index is 582. The summed E-state index contributed by atoms with van der Waals surface area (Å²) in [6.45, 7) is 0.792. The Labute approximate surface area is 142 Å². The summed E-state index contributed by atoms with van der Waals surface area (Å²) in [5.41, 5.74) is 0.946. The number of carbonyl (C=O) groups is 2. The van der Waals surface area contributed by atoms with E-state index in [0.29, 0.717) is 18.9 Å². The van der Waals surface area contributed by atoms with Crippen LogP contribution >= 0.6 is 0 Å². The van der Waals surface area contributed by atoms with Crippen LogP contribution in [-0.2, 0) is 9.59 Å². The summed E-state index contributed by atoms with van der Waals surface area (Å²) in [6, 6.07) is 6.30. The molecule has 0 aromatic heterocycles. The second kappa shape index (κ2) is 7.77. The first-order valence-corrected chi connectivity index (χ1v) is 8.96. The van der Waals surface area contributed by atoms with E-state index in [1.54, 1.807) is 17.0 Å². The maximum Gasteiger partial charge on any atom is 0.240 e. The van der Waals surface area contributed by atoms with Crippen molar-refractivity contribution < 1.29 is 14.0 Å². The van der Waals surface area contributed by atoms with E-state index in [1.807, 2.05) is 0 Å². The van der Waals surface area contributed by atoms with Crippen molar-refractivity contribution in [3.05, 3.63) is 35.6 Å². The summed E-state index contributed by atoms with van der Waals surface area (Å²) < 4.78 is 13.2. The molecule has 1 aromatic carbocycles. The summed E-state index contributed by atoms with van der Waals surface area (Å²) in [5.74, 6) is 0.0627. The summed E-state index contributed by atoms with van der Waals surface area (Å²) in [7, 11) is 0. The number of hydrogen-bond donors (Lipinski definition) is 1. The van der Waals surface area contributed by atoms with Crippen LogP contribution in [0, 0.1) is 11.7 Å². The molecule has 5 heteroatoms. The van der Waals surface area contributed by atoms with Gasteiger partial charge < -0.3 is 10.2 Å². The first kappa shape index (κ1) is 16.9. The SMILES string of the molecule is O=C(CN1CCCCC1=O)NC(c1ccc(F)cc1)C1CCCC1. The van der Waals surface area contributed by atoms with Gasteiger partial charge in [0.1, 0.15) is 5.82 Å². The zero-order chi connectivity index (χ0) is 16.9. The average Bonchev–Trinajstić information content (AvgIpc) is 3.10. The number of benzene rings is 1. The van der Waals surface area contributed by atoms with Crippen molar-refractivity contribution >= 4 is 11.8 Å². The summed E-state index contributed by atoms with van der Waals surface area (Å²) in [6.07, 6.45) is 6.90. The lowest BCUT2D eigenvalue weighted by Gasteiger charge is -2.29. The molecule has 1 atom stereocenters. The standard InChI is InChI=1S/C19H25FN2O2/c20-16-10-8-15(9-11-16)19(14-5-1-2-6-14)21-17(23)13-22-12-4-3-7-18(22)24/h8-11,14,19H,1-7,12-13H2,(H,21,23). The smallest absolute Gasteiger partial charge is 0.240 e. The van der Waals surface area contributed by atoms with E-state index < -0.39 is 0 Å². The van der Waals surface area contributed by atoms with Crippen LogP contribution < -0.4 is 5.32 Å². The normalized spacial score (nSPS) is 20.2. The molecule has 4 nitrogen and oxygen atoms in total. The van der Waals surface area contributed by atoms with Gasteiger partial charge in [0, 0.05) is 13.0 Å². The Morgan fingerprint density at radius 2 is 1.88 bits per heavy atom. The van der Waals surface area contributed by atoms with Crippen molar-refractivity contribution in [3.63, 3.8) is 0 Å². The summed E-state index contributed by atoms with van der Waals surface area (Å²) >= 11 is 0. The topological polar surface area (TPSA) is 49.4 Å². The number of piperidine rings is 1. The third-order valence-corrected chi connectivity index (χ3v) is 5.17. The fourth-order valence-electron chi connectivity index (χ4n) is 3.86. The van der Waals surface area contributed by atoms with Gasteiger partial charge in [-0.25, -0.2) is 4.39 Å². The molecule has 2 amide bonds. The molecule has 1 heterocycles. The Morgan fingerprint density at radius 3 is 2.54 bits per heavy atom. The van der Waals surface area contributed by atoms with Crippen molar-refractivity contribution in [1.29, 1.82) is 0 Å². The number of halogens is 1. The molecular weight excluding hydrogens is 307 g/mol. The lowest BCUT2D eigenvalue weighted by atomic mass is 9.91. The summed E-state index contributed by atoms with van der Waals surface area (Å²) in [5, 5.41) is 3.11. The van der Waals surface area contributed by atoms with E-state index in [1.165, 1.54) is 25.0 Å². The number of nitrogens with zero attached hydrogens (tertiary/aromatic N) is 1. The maximum atomic E-state index is 13.2. The van der Waals surface area contributed by atoms with Crippen LogP contribution in [0.2, 0.25) is 0 Å². The lowest BCUT2D eigenvalue weighted by Crippen LogP contribution is -2.44. The minimum atomic E-state index is -0.269. The van der Waals surface area contributed by atoms with Crippen LogP contribution in [0.3, 0.4) is 0 Å². The Kier molecular flexibility index (Phi) is 5.48. The number of amides is 2. The predicted molar refractivity (Wildman–Crippen MR) is 89.7 cm³/mol. The molecule has 1 aliphatic carbocycles. The molecule has 0 bridgehead atoms. The molecule has 0 spiro atoms. The molecule has 1 N–H and O–H groups in total. The molecule has 0 radical (unpaired) electrons. The number of rotatable bonds is 5. The van der Waals surface area contributed by atoms with Crippen molar-refractivity contribution in [2.24, 2.45) is 5.92 Å². The lowest BCUT2D eigenvalue weighted by molar-refractivity contribution is -0.138. The van der Waals surface area contributed by atoms with Gasteiger partial charge >= 0.3 is 0 Å². The van der Waals surface area contributed by atoms with Gasteiger partial charge in [0.25, 0.3) is 0 Å². The fraction of sp³-hybridized carbons (Fsp3) is 0.579. The number of nitrogens with one attached hydrogen (secondary N) is 1. The maximum absolute atomic E-state index is 13.2. The van der Waals surface area contributed by atoms with Crippen molar-refractivity contribution in [3.8, 4) is 0 Å². The van der Waals surface area contributed by atoms with Gasteiger partial charge in [-0.2, -0.15) is 0 Å². The highest BCUT2D eigenvalue weighted by Crippen LogP contribution is 2.35. The molecule has 3 rings (SSSR count). The Balaban J connectivity index is 1.67. The zero-order valence-corrected chi connectivity index (χ0v) is 14.0. The third-order valence-electron chi connectivity index (χ3n) is 5.17. The van der Waals surface area contributed by atoms with Gasteiger partial charge in [-0.05, 0) is 49.3 Å². The van der Waals surface area contributed by atoms with E-state index in [9.17, 15) is 14.0 Å². The molecule has 1 aliphatic heterocycles. The van der Waals surface area contributed by atoms with Crippen LogP contribution in [0.5, 0.6) is 0 Å². The average molecular weight is 332 g/mol. The van der Waals surface area contributed by atoms with E-state index in [0.717, 1.165) is 31.2 Å². The molecule has 1 saturated heterocycles. The van der Waals surface area contributed by atoms with E-state index >= 15 is 0 Å². The number of carbonyl (C=O) groups excluding carboxylic acids is 2. The van der Waals surface area contributed by atoms with E-state index in [4.69, 9.17) is 0 Å². The van der Waals surface area contributed by atoms with Gasteiger partial charge in [0.15, 0.2) is 0 Å². The van der Waals surface area contributed by atoms with Crippen LogP contribution in [0.1, 0.15) is 56.6 Å². The first-order valence-electron chi connectivity index (χ1n) is 8.96. The highest BCUT2D eigenvalue weighted by molar-refractivity contribution is 5.85. The summed E-state index contributed by atoms with van der Waals surface area (Å²) in [4.78, 5) is 26.0. The van der Waals surface area contributed by atoms with Crippen molar-refractivity contribution in [2.45, 2.75) is 51.0 Å². The van der Waals surface area contributed by atoms with Crippen molar-refractivity contribution in [2.75, 3.05) is 13.1 Å². The zero-order valence-electron chi connectivity index (χ0n) is 14.0. The molecule has 1 unspecified atom stereocenters. The first-order chi connectivity index (χ1) is 11.6. The monoisotopic (exact) mass is 332 g/mol. The Morgan fingerprint density at radius 1 is 1.17 bits per heavy atom. The predicted octanol–water partition coefficient (Wildman–Crippen LogP) is 3.19.